The lowest BCUT2D eigenvalue weighted by atomic mass is 10.2. The molecule has 1 aromatic rings. The number of ether oxygens (including phenoxy) is 2. The number of benzene rings is 1. The Balaban J connectivity index is 2.75. The molecule has 0 heterocycles. The van der Waals surface area contributed by atoms with E-state index in [0.29, 0.717) is 0 Å². The van der Waals surface area contributed by atoms with Crippen LogP contribution in [0.3, 0.4) is 0 Å². The van der Waals surface area contributed by atoms with Crippen molar-refractivity contribution in [3.05, 3.63) is 28.5 Å². The topological polar surface area (TPSA) is 47.6 Å². The number of amides is 1. The zero-order valence-electron chi connectivity index (χ0n) is 11.3. The number of nitrogens with one attached hydrogen (secondary N) is 1. The predicted octanol–water partition coefficient (Wildman–Crippen LogP) is 3.51. The minimum Gasteiger partial charge on any atom is -0.494 e. The molecule has 19 heavy (non-hydrogen) atoms. The van der Waals surface area contributed by atoms with Gasteiger partial charge in [0.1, 0.15) is 5.60 Å². The fourth-order valence-electron chi connectivity index (χ4n) is 1.37. The van der Waals surface area contributed by atoms with E-state index in [9.17, 15) is 9.18 Å². The molecule has 0 aliphatic carbocycles. The van der Waals surface area contributed by atoms with Gasteiger partial charge >= 0.3 is 6.09 Å². The van der Waals surface area contributed by atoms with Gasteiger partial charge in [-0.25, -0.2) is 9.18 Å². The Morgan fingerprint density at radius 1 is 1.42 bits per heavy atom. The highest BCUT2D eigenvalue weighted by molar-refractivity contribution is 6.31. The van der Waals surface area contributed by atoms with Crippen molar-refractivity contribution in [2.45, 2.75) is 32.9 Å². The van der Waals surface area contributed by atoms with Crippen LogP contribution in [-0.2, 0) is 11.3 Å². The standard InChI is InChI=1S/C13H17ClFNO3/c1-13(2,3)19-12(17)16-7-8-9(14)5-6-10(18-4)11(8)15/h5-6H,7H2,1-4H3,(H,16,17). The molecule has 0 aliphatic heterocycles. The van der Waals surface area contributed by atoms with Gasteiger partial charge in [-0.05, 0) is 32.9 Å². The lowest BCUT2D eigenvalue weighted by molar-refractivity contribution is 0.0523. The highest BCUT2D eigenvalue weighted by Crippen LogP contribution is 2.27. The van der Waals surface area contributed by atoms with E-state index in [2.05, 4.69) is 5.32 Å². The van der Waals surface area contributed by atoms with Gasteiger partial charge in [0.2, 0.25) is 0 Å². The van der Waals surface area contributed by atoms with Gasteiger partial charge in [-0.2, -0.15) is 0 Å². The van der Waals surface area contributed by atoms with Gasteiger partial charge < -0.3 is 14.8 Å². The van der Waals surface area contributed by atoms with Gasteiger partial charge in [-0.15, -0.1) is 0 Å². The summed E-state index contributed by atoms with van der Waals surface area (Å²) in [7, 11) is 1.36. The Morgan fingerprint density at radius 3 is 2.58 bits per heavy atom. The molecule has 1 amide bonds. The number of carbonyl (C=O) groups excluding carboxylic acids is 1. The second-order valence-corrected chi connectivity index (χ2v) is 5.30. The molecule has 0 bridgehead atoms. The van der Waals surface area contributed by atoms with Crippen LogP contribution in [0.1, 0.15) is 26.3 Å². The summed E-state index contributed by atoms with van der Waals surface area (Å²) in [5, 5.41) is 2.66. The summed E-state index contributed by atoms with van der Waals surface area (Å²) in [5.41, 5.74) is -0.451. The van der Waals surface area contributed by atoms with Crippen molar-refractivity contribution in [1.29, 1.82) is 0 Å². The van der Waals surface area contributed by atoms with E-state index in [1.54, 1.807) is 20.8 Å². The fraction of sp³-hybridized carbons (Fsp3) is 0.462. The Morgan fingerprint density at radius 2 is 2.05 bits per heavy atom. The molecular formula is C13H17ClFNO3. The van der Waals surface area contributed by atoms with E-state index in [1.165, 1.54) is 19.2 Å². The first-order chi connectivity index (χ1) is 8.74. The van der Waals surface area contributed by atoms with Crippen LogP contribution in [0.15, 0.2) is 12.1 Å². The zero-order valence-corrected chi connectivity index (χ0v) is 12.1. The van der Waals surface area contributed by atoms with Crippen LogP contribution < -0.4 is 10.1 Å². The lowest BCUT2D eigenvalue weighted by Crippen LogP contribution is -2.32. The van der Waals surface area contributed by atoms with Crippen molar-refractivity contribution < 1.29 is 18.7 Å². The third-order valence-corrected chi connectivity index (χ3v) is 2.53. The summed E-state index contributed by atoms with van der Waals surface area (Å²) in [6, 6.07) is 2.93. The maximum Gasteiger partial charge on any atom is 0.407 e. The van der Waals surface area contributed by atoms with Crippen LogP contribution in [0.2, 0.25) is 5.02 Å². The fourth-order valence-corrected chi connectivity index (χ4v) is 1.58. The molecule has 0 atom stereocenters. The first-order valence-electron chi connectivity index (χ1n) is 5.72. The van der Waals surface area contributed by atoms with E-state index >= 15 is 0 Å². The number of carbonyl (C=O) groups is 1. The monoisotopic (exact) mass is 289 g/mol. The van der Waals surface area contributed by atoms with Crippen molar-refractivity contribution >= 4 is 17.7 Å². The van der Waals surface area contributed by atoms with Crippen molar-refractivity contribution in [3.8, 4) is 5.75 Å². The smallest absolute Gasteiger partial charge is 0.407 e. The number of methoxy groups -OCH3 is 1. The summed E-state index contributed by atoms with van der Waals surface area (Å²) in [4.78, 5) is 11.5. The Kier molecular flexibility index (Phi) is 5.00. The molecule has 0 aromatic heterocycles. The average molecular weight is 290 g/mol. The molecule has 0 saturated heterocycles. The van der Waals surface area contributed by atoms with Gasteiger partial charge in [0.15, 0.2) is 11.6 Å². The van der Waals surface area contributed by atoms with Crippen LogP contribution in [0.5, 0.6) is 5.75 Å². The van der Waals surface area contributed by atoms with Crippen LogP contribution in [0.25, 0.3) is 0 Å². The van der Waals surface area contributed by atoms with Crippen LogP contribution >= 0.6 is 11.6 Å². The number of hydrogen-bond acceptors (Lipinski definition) is 3. The molecule has 4 nitrogen and oxygen atoms in total. The van der Waals surface area contributed by atoms with Crippen molar-refractivity contribution in [2.24, 2.45) is 0 Å². The third-order valence-electron chi connectivity index (χ3n) is 2.18. The van der Waals surface area contributed by atoms with Gasteiger partial charge in [0, 0.05) is 10.6 Å². The van der Waals surface area contributed by atoms with Gasteiger partial charge in [0.05, 0.1) is 13.7 Å². The van der Waals surface area contributed by atoms with Crippen LogP contribution in [0, 0.1) is 5.82 Å². The summed E-state index contributed by atoms with van der Waals surface area (Å²) >= 11 is 5.89. The maximum absolute atomic E-state index is 13.9. The van der Waals surface area contributed by atoms with E-state index in [4.69, 9.17) is 21.1 Å². The molecule has 1 rings (SSSR count). The number of alkyl carbamates (subject to hydrolysis) is 1. The summed E-state index contributed by atoms with van der Waals surface area (Å²) < 4.78 is 23.8. The molecule has 0 spiro atoms. The molecule has 6 heteroatoms. The molecule has 1 aromatic carbocycles. The van der Waals surface area contributed by atoms with Gasteiger partial charge in [-0.3, -0.25) is 0 Å². The normalized spacial score (nSPS) is 11.1. The van der Waals surface area contributed by atoms with Crippen LogP contribution in [-0.4, -0.2) is 18.8 Å². The molecule has 0 aliphatic rings. The van der Waals surface area contributed by atoms with E-state index in [1.807, 2.05) is 0 Å². The molecular weight excluding hydrogens is 273 g/mol. The number of hydrogen-bond donors (Lipinski definition) is 1. The Hall–Kier alpha value is -1.49. The van der Waals surface area contributed by atoms with E-state index in [0.717, 1.165) is 0 Å². The molecule has 0 radical (unpaired) electrons. The molecule has 0 fully saturated rings. The maximum atomic E-state index is 13.9. The second-order valence-electron chi connectivity index (χ2n) is 4.90. The van der Waals surface area contributed by atoms with Crippen molar-refractivity contribution in [1.82, 2.24) is 5.32 Å². The Labute approximate surface area is 116 Å². The number of halogens is 2. The highest BCUT2D eigenvalue weighted by atomic mass is 35.5. The minimum absolute atomic E-state index is 0.0726. The molecule has 1 N–H and O–H groups in total. The quantitative estimate of drug-likeness (QED) is 0.926. The van der Waals surface area contributed by atoms with Gasteiger partial charge in [0.25, 0.3) is 0 Å². The van der Waals surface area contributed by atoms with Crippen molar-refractivity contribution in [3.63, 3.8) is 0 Å². The summed E-state index contributed by atoms with van der Waals surface area (Å²) in [6.45, 7) is 5.15. The SMILES string of the molecule is COc1ccc(Cl)c(CNC(=O)OC(C)(C)C)c1F. The van der Waals surface area contributed by atoms with Gasteiger partial charge in [-0.1, -0.05) is 11.6 Å². The zero-order chi connectivity index (χ0) is 14.6. The summed E-state index contributed by atoms with van der Waals surface area (Å²) in [5.74, 6) is -0.517. The molecule has 0 saturated carbocycles. The minimum atomic E-state index is -0.634. The highest BCUT2D eigenvalue weighted by Gasteiger charge is 2.18. The predicted molar refractivity (Wildman–Crippen MR) is 71.0 cm³/mol. The third kappa shape index (κ3) is 4.59. The van der Waals surface area contributed by atoms with Crippen molar-refractivity contribution in [2.75, 3.05) is 7.11 Å². The summed E-state index contributed by atoms with van der Waals surface area (Å²) in [6.07, 6.45) is -0.634. The molecule has 106 valence electrons. The van der Waals surface area contributed by atoms with E-state index in [-0.39, 0.29) is 22.9 Å². The van der Waals surface area contributed by atoms with Crippen LogP contribution in [0.4, 0.5) is 9.18 Å². The Bertz CT molecular complexity index is 472. The average Bonchev–Trinajstić information content (AvgIpc) is 2.26. The number of rotatable bonds is 3. The first-order valence-corrected chi connectivity index (χ1v) is 6.10. The lowest BCUT2D eigenvalue weighted by Gasteiger charge is -2.20. The largest absolute Gasteiger partial charge is 0.494 e. The first kappa shape index (κ1) is 15.6. The molecule has 0 unspecified atom stereocenters. The second kappa shape index (κ2) is 6.10. The van der Waals surface area contributed by atoms with E-state index < -0.39 is 17.5 Å².